The van der Waals surface area contributed by atoms with Crippen LogP contribution in [0, 0.1) is 5.41 Å². The molecule has 0 aromatic carbocycles. The molecule has 128 valence electrons. The lowest BCUT2D eigenvalue weighted by molar-refractivity contribution is -0.128. The highest BCUT2D eigenvalue weighted by molar-refractivity contribution is 5.83. The fourth-order valence-electron chi connectivity index (χ4n) is 1.95. The minimum absolute atomic E-state index is 0.0214. The molecule has 6 nitrogen and oxygen atoms in total. The number of aliphatic imine (C=N–C) groups is 1. The van der Waals surface area contributed by atoms with Crippen molar-refractivity contribution >= 4 is 11.9 Å². The van der Waals surface area contributed by atoms with Gasteiger partial charge in [0.1, 0.15) is 0 Å². The molecule has 1 aromatic rings. The summed E-state index contributed by atoms with van der Waals surface area (Å²) in [4.78, 5) is 20.8. The van der Waals surface area contributed by atoms with Gasteiger partial charge in [-0.25, -0.2) is 0 Å². The molecule has 0 aliphatic heterocycles. The average Bonchev–Trinajstić information content (AvgIpc) is 2.54. The highest BCUT2D eigenvalue weighted by Crippen LogP contribution is 2.15. The van der Waals surface area contributed by atoms with Gasteiger partial charge in [-0.1, -0.05) is 6.07 Å². The normalized spacial score (nSPS) is 11.9. The van der Waals surface area contributed by atoms with Crippen LogP contribution in [0.25, 0.3) is 0 Å². The zero-order valence-electron chi connectivity index (χ0n) is 14.6. The number of nitrogens with one attached hydrogen (secondary N) is 3. The topological polar surface area (TPSA) is 78.4 Å². The zero-order chi connectivity index (χ0) is 17.1. The Morgan fingerprint density at radius 1 is 1.17 bits per heavy atom. The molecule has 3 N–H and O–H groups in total. The van der Waals surface area contributed by atoms with Crippen molar-refractivity contribution in [1.29, 1.82) is 0 Å². The van der Waals surface area contributed by atoms with E-state index in [1.54, 1.807) is 6.20 Å². The summed E-state index contributed by atoms with van der Waals surface area (Å²) >= 11 is 0. The fourth-order valence-corrected chi connectivity index (χ4v) is 1.95. The van der Waals surface area contributed by atoms with Crippen molar-refractivity contribution < 1.29 is 4.79 Å². The SMILES string of the molecule is CCNC(=O)C(C)(C)CN=C(NCC)NCCc1ccccn1. The van der Waals surface area contributed by atoms with E-state index in [1.165, 1.54) is 0 Å². The van der Waals surface area contributed by atoms with Crippen LogP contribution in [0.3, 0.4) is 0 Å². The number of amides is 1. The van der Waals surface area contributed by atoms with Gasteiger partial charge in [0.25, 0.3) is 0 Å². The predicted octanol–water partition coefficient (Wildman–Crippen LogP) is 1.34. The molecule has 0 radical (unpaired) electrons. The summed E-state index contributed by atoms with van der Waals surface area (Å²) in [5.74, 6) is 0.744. The van der Waals surface area contributed by atoms with Crippen molar-refractivity contribution in [3.63, 3.8) is 0 Å². The second-order valence-corrected chi connectivity index (χ2v) is 5.94. The lowest BCUT2D eigenvalue weighted by Crippen LogP contribution is -2.42. The minimum Gasteiger partial charge on any atom is -0.357 e. The summed E-state index contributed by atoms with van der Waals surface area (Å²) in [6, 6.07) is 5.90. The largest absolute Gasteiger partial charge is 0.357 e. The molecule has 1 heterocycles. The molecule has 6 heteroatoms. The number of guanidine groups is 1. The number of nitrogens with zero attached hydrogens (tertiary/aromatic N) is 2. The Labute approximate surface area is 139 Å². The third kappa shape index (κ3) is 7.13. The first-order valence-corrected chi connectivity index (χ1v) is 8.20. The second-order valence-electron chi connectivity index (χ2n) is 5.94. The summed E-state index contributed by atoms with van der Waals surface area (Å²) in [5.41, 5.74) is 0.512. The lowest BCUT2D eigenvalue weighted by Gasteiger charge is -2.22. The van der Waals surface area contributed by atoms with Crippen LogP contribution >= 0.6 is 0 Å². The van der Waals surface area contributed by atoms with Crippen LogP contribution in [0.4, 0.5) is 0 Å². The molecule has 1 amide bonds. The Morgan fingerprint density at radius 3 is 2.52 bits per heavy atom. The number of carbonyl (C=O) groups is 1. The molecule has 0 bridgehead atoms. The minimum atomic E-state index is -0.528. The molecular weight excluding hydrogens is 290 g/mol. The van der Waals surface area contributed by atoms with Gasteiger partial charge < -0.3 is 16.0 Å². The van der Waals surface area contributed by atoms with E-state index in [2.05, 4.69) is 25.9 Å². The van der Waals surface area contributed by atoms with Crippen LogP contribution < -0.4 is 16.0 Å². The predicted molar refractivity (Wildman–Crippen MR) is 94.4 cm³/mol. The molecule has 0 unspecified atom stereocenters. The van der Waals surface area contributed by atoms with Crippen LogP contribution in [0.15, 0.2) is 29.4 Å². The third-order valence-corrected chi connectivity index (χ3v) is 3.33. The van der Waals surface area contributed by atoms with Crippen molar-refractivity contribution in [3.8, 4) is 0 Å². The third-order valence-electron chi connectivity index (χ3n) is 3.33. The van der Waals surface area contributed by atoms with Crippen LogP contribution in [0.1, 0.15) is 33.4 Å². The molecule has 0 fully saturated rings. The Kier molecular flexibility index (Phi) is 8.08. The van der Waals surface area contributed by atoms with Gasteiger partial charge >= 0.3 is 0 Å². The van der Waals surface area contributed by atoms with E-state index in [0.717, 1.165) is 31.2 Å². The van der Waals surface area contributed by atoms with Gasteiger partial charge in [0.05, 0.1) is 12.0 Å². The van der Waals surface area contributed by atoms with Crippen LogP contribution in [-0.4, -0.2) is 43.0 Å². The van der Waals surface area contributed by atoms with E-state index in [-0.39, 0.29) is 5.91 Å². The van der Waals surface area contributed by atoms with Crippen molar-refractivity contribution in [2.75, 3.05) is 26.2 Å². The number of pyridine rings is 1. The summed E-state index contributed by atoms with van der Waals surface area (Å²) in [6.07, 6.45) is 2.62. The van der Waals surface area contributed by atoms with Crippen molar-refractivity contribution in [2.24, 2.45) is 10.4 Å². The molecule has 1 rings (SSSR count). The van der Waals surface area contributed by atoms with E-state index in [9.17, 15) is 4.79 Å². The molecule has 0 aliphatic carbocycles. The molecule has 0 spiro atoms. The highest BCUT2D eigenvalue weighted by Gasteiger charge is 2.26. The Bertz CT molecular complexity index is 499. The van der Waals surface area contributed by atoms with E-state index in [4.69, 9.17) is 0 Å². The summed E-state index contributed by atoms with van der Waals surface area (Å²) in [5, 5.41) is 9.33. The fraction of sp³-hybridized carbons (Fsp3) is 0.588. The van der Waals surface area contributed by atoms with Gasteiger partial charge in [-0.3, -0.25) is 14.8 Å². The van der Waals surface area contributed by atoms with Gasteiger partial charge in [-0.15, -0.1) is 0 Å². The molecule has 0 aliphatic rings. The van der Waals surface area contributed by atoms with Crippen molar-refractivity contribution in [2.45, 2.75) is 34.1 Å². The van der Waals surface area contributed by atoms with Gasteiger partial charge in [-0.2, -0.15) is 0 Å². The summed E-state index contributed by atoms with van der Waals surface area (Å²) in [7, 11) is 0. The Balaban J connectivity index is 2.54. The number of carbonyl (C=O) groups excluding carboxylic acids is 1. The number of hydrogen-bond acceptors (Lipinski definition) is 3. The lowest BCUT2D eigenvalue weighted by atomic mass is 9.92. The first kappa shape index (κ1) is 18.9. The summed E-state index contributed by atoms with van der Waals surface area (Å²) < 4.78 is 0. The monoisotopic (exact) mass is 319 g/mol. The molecule has 0 saturated carbocycles. The maximum Gasteiger partial charge on any atom is 0.227 e. The summed E-state index contributed by atoms with van der Waals surface area (Å²) in [6.45, 7) is 10.3. The van der Waals surface area contributed by atoms with E-state index in [0.29, 0.717) is 13.1 Å². The van der Waals surface area contributed by atoms with E-state index in [1.807, 2.05) is 45.9 Å². The maximum absolute atomic E-state index is 12.0. The van der Waals surface area contributed by atoms with E-state index >= 15 is 0 Å². The van der Waals surface area contributed by atoms with Crippen molar-refractivity contribution in [1.82, 2.24) is 20.9 Å². The highest BCUT2D eigenvalue weighted by atomic mass is 16.2. The van der Waals surface area contributed by atoms with Gasteiger partial charge in [0.15, 0.2) is 5.96 Å². The number of rotatable bonds is 8. The van der Waals surface area contributed by atoms with Gasteiger partial charge in [0.2, 0.25) is 5.91 Å². The van der Waals surface area contributed by atoms with Crippen LogP contribution in [-0.2, 0) is 11.2 Å². The molecule has 1 aromatic heterocycles. The molecule has 0 saturated heterocycles. The molecule has 23 heavy (non-hydrogen) atoms. The Morgan fingerprint density at radius 2 is 1.91 bits per heavy atom. The van der Waals surface area contributed by atoms with Gasteiger partial charge in [-0.05, 0) is 39.8 Å². The maximum atomic E-state index is 12.0. The Hall–Kier alpha value is -2.11. The molecule has 0 atom stereocenters. The van der Waals surface area contributed by atoms with Crippen LogP contribution in [0.2, 0.25) is 0 Å². The smallest absolute Gasteiger partial charge is 0.227 e. The number of hydrogen-bond donors (Lipinski definition) is 3. The second kappa shape index (κ2) is 9.82. The van der Waals surface area contributed by atoms with E-state index < -0.39 is 5.41 Å². The first-order chi connectivity index (χ1) is 11.0. The zero-order valence-corrected chi connectivity index (χ0v) is 14.6. The quantitative estimate of drug-likeness (QED) is 0.499. The van der Waals surface area contributed by atoms with Crippen molar-refractivity contribution in [3.05, 3.63) is 30.1 Å². The van der Waals surface area contributed by atoms with Crippen LogP contribution in [0.5, 0.6) is 0 Å². The molecular formula is C17H29N5O. The average molecular weight is 319 g/mol. The van der Waals surface area contributed by atoms with Gasteiger partial charge in [0, 0.05) is 37.9 Å². The first-order valence-electron chi connectivity index (χ1n) is 8.20. The number of aromatic nitrogens is 1. The standard InChI is InChI=1S/C17H29N5O/c1-5-18-15(23)17(3,4)13-22-16(19-6-2)21-12-10-14-9-7-8-11-20-14/h7-9,11H,5-6,10,12-13H2,1-4H3,(H,18,23)(H2,19,21,22).